The van der Waals surface area contributed by atoms with Gasteiger partial charge in [-0.2, -0.15) is 0 Å². The van der Waals surface area contributed by atoms with Crippen LogP contribution in [-0.4, -0.2) is 79.4 Å². The van der Waals surface area contributed by atoms with Crippen LogP contribution in [0.15, 0.2) is 42.5 Å². The Balaban J connectivity index is 1.27. The maximum atomic E-state index is 12.7. The van der Waals surface area contributed by atoms with Crippen molar-refractivity contribution < 1.29 is 14.3 Å². The third-order valence-electron chi connectivity index (χ3n) is 6.49. The Morgan fingerprint density at radius 2 is 1.53 bits per heavy atom. The zero-order chi connectivity index (χ0) is 22.3. The van der Waals surface area contributed by atoms with Crippen molar-refractivity contribution in [2.24, 2.45) is 0 Å². The lowest BCUT2D eigenvalue weighted by molar-refractivity contribution is -0.133. The zero-order valence-corrected chi connectivity index (χ0v) is 19.0. The number of amides is 2. The first-order chi connectivity index (χ1) is 15.6. The van der Waals surface area contributed by atoms with Crippen LogP contribution in [0, 0.1) is 0 Å². The number of hydrogen-bond donors (Lipinski definition) is 0. The monoisotopic (exact) mass is 435 g/mol. The molecular weight excluding hydrogens is 402 g/mol. The van der Waals surface area contributed by atoms with Crippen LogP contribution in [0.25, 0.3) is 16.8 Å². The summed E-state index contributed by atoms with van der Waals surface area (Å²) in [6.07, 6.45) is 8.22. The maximum Gasteiger partial charge on any atom is 0.246 e. The van der Waals surface area contributed by atoms with Crippen LogP contribution in [0.4, 0.5) is 0 Å². The zero-order valence-electron chi connectivity index (χ0n) is 19.0. The second-order valence-electron chi connectivity index (χ2n) is 8.70. The lowest BCUT2D eigenvalue weighted by Gasteiger charge is -2.34. The number of carbonyl (C=O) groups excluding carboxylic acids is 2. The summed E-state index contributed by atoms with van der Waals surface area (Å²) in [7, 11) is 1.66. The molecule has 2 saturated heterocycles. The number of fused-ring (bicyclic) bond motifs is 1. The van der Waals surface area contributed by atoms with E-state index in [2.05, 4.69) is 11.0 Å². The second-order valence-corrected chi connectivity index (χ2v) is 8.70. The summed E-state index contributed by atoms with van der Waals surface area (Å²) >= 11 is 0. The molecule has 0 aliphatic carbocycles. The summed E-state index contributed by atoms with van der Waals surface area (Å²) in [5.41, 5.74) is 0.998. The van der Waals surface area contributed by atoms with E-state index in [0.717, 1.165) is 61.1 Å². The van der Waals surface area contributed by atoms with E-state index >= 15 is 0 Å². The van der Waals surface area contributed by atoms with Gasteiger partial charge >= 0.3 is 0 Å². The van der Waals surface area contributed by atoms with Crippen LogP contribution in [-0.2, 0) is 9.59 Å². The van der Waals surface area contributed by atoms with Gasteiger partial charge in [0.1, 0.15) is 5.75 Å². The lowest BCUT2D eigenvalue weighted by atomic mass is 10.1. The molecular formula is C26H33N3O3. The minimum absolute atomic E-state index is 0.0262. The van der Waals surface area contributed by atoms with E-state index in [1.165, 1.54) is 12.8 Å². The van der Waals surface area contributed by atoms with Gasteiger partial charge in [-0.15, -0.1) is 0 Å². The topological polar surface area (TPSA) is 53.1 Å². The van der Waals surface area contributed by atoms with Crippen LogP contribution >= 0.6 is 0 Å². The van der Waals surface area contributed by atoms with Crippen molar-refractivity contribution in [3.8, 4) is 5.75 Å². The number of nitrogens with zero attached hydrogens (tertiary/aromatic N) is 3. The van der Waals surface area contributed by atoms with Crippen LogP contribution < -0.4 is 4.74 Å². The molecule has 0 aromatic heterocycles. The van der Waals surface area contributed by atoms with Gasteiger partial charge in [0, 0.05) is 45.3 Å². The summed E-state index contributed by atoms with van der Waals surface area (Å²) in [4.78, 5) is 31.3. The van der Waals surface area contributed by atoms with Gasteiger partial charge < -0.3 is 14.5 Å². The molecule has 6 heteroatoms. The smallest absolute Gasteiger partial charge is 0.246 e. The molecule has 0 saturated carbocycles. The maximum absolute atomic E-state index is 12.7. The fourth-order valence-electron chi connectivity index (χ4n) is 4.48. The lowest BCUT2D eigenvalue weighted by Crippen LogP contribution is -2.51. The third-order valence-corrected chi connectivity index (χ3v) is 6.49. The van der Waals surface area contributed by atoms with E-state index < -0.39 is 0 Å². The second kappa shape index (κ2) is 10.6. The van der Waals surface area contributed by atoms with E-state index in [0.29, 0.717) is 19.6 Å². The number of carbonyl (C=O) groups is 2. The van der Waals surface area contributed by atoms with Crippen molar-refractivity contribution in [1.29, 1.82) is 0 Å². The van der Waals surface area contributed by atoms with Gasteiger partial charge in [0.15, 0.2) is 0 Å². The normalized spacial score (nSPS) is 18.2. The highest BCUT2D eigenvalue weighted by atomic mass is 16.5. The SMILES string of the molecule is COc1ccc2cc(/C=C/C(=O)N3CCN(CC(=O)N4CCCCCC4)CC3)ccc2c1. The standard InChI is InChI=1S/C26H33N3O3/c1-32-24-10-9-22-18-21(6-8-23(22)19-24)7-11-25(30)29-16-14-27(15-17-29)20-26(31)28-12-4-2-3-5-13-28/h6-11,18-19H,2-5,12-17,20H2,1H3/b11-7+. The number of hydrogen-bond acceptors (Lipinski definition) is 4. The van der Waals surface area contributed by atoms with Crippen molar-refractivity contribution in [3.63, 3.8) is 0 Å². The molecule has 2 aromatic rings. The summed E-state index contributed by atoms with van der Waals surface area (Å²) in [6.45, 7) is 5.07. The third kappa shape index (κ3) is 5.68. The van der Waals surface area contributed by atoms with E-state index in [9.17, 15) is 9.59 Å². The largest absolute Gasteiger partial charge is 0.497 e. The van der Waals surface area contributed by atoms with Gasteiger partial charge in [-0.05, 0) is 53.5 Å². The highest BCUT2D eigenvalue weighted by molar-refractivity contribution is 5.93. The molecule has 0 N–H and O–H groups in total. The van der Waals surface area contributed by atoms with E-state index in [1.54, 1.807) is 13.2 Å². The highest BCUT2D eigenvalue weighted by Gasteiger charge is 2.23. The van der Waals surface area contributed by atoms with Crippen molar-refractivity contribution in [1.82, 2.24) is 14.7 Å². The molecule has 6 nitrogen and oxygen atoms in total. The summed E-state index contributed by atoms with van der Waals surface area (Å²) in [6, 6.07) is 12.1. The van der Waals surface area contributed by atoms with Crippen molar-refractivity contribution >= 4 is 28.7 Å². The first kappa shape index (κ1) is 22.3. The Bertz CT molecular complexity index is 971. The average molecular weight is 436 g/mol. The Kier molecular flexibility index (Phi) is 7.43. The minimum Gasteiger partial charge on any atom is -0.497 e. The van der Waals surface area contributed by atoms with Crippen LogP contribution in [0.3, 0.4) is 0 Å². The fraction of sp³-hybridized carbons (Fsp3) is 0.462. The van der Waals surface area contributed by atoms with E-state index in [4.69, 9.17) is 4.74 Å². The summed E-state index contributed by atoms with van der Waals surface area (Å²) in [5.74, 6) is 1.10. The summed E-state index contributed by atoms with van der Waals surface area (Å²) in [5, 5.41) is 2.22. The molecule has 2 amide bonds. The predicted molar refractivity (Wildman–Crippen MR) is 128 cm³/mol. The molecule has 32 heavy (non-hydrogen) atoms. The molecule has 2 aliphatic rings. The molecule has 0 unspecified atom stereocenters. The molecule has 2 aliphatic heterocycles. The van der Waals surface area contributed by atoms with Gasteiger partial charge in [-0.3, -0.25) is 14.5 Å². The number of likely N-dealkylation sites (tertiary alicyclic amines) is 1. The van der Waals surface area contributed by atoms with Gasteiger partial charge in [0.2, 0.25) is 11.8 Å². The molecule has 170 valence electrons. The van der Waals surface area contributed by atoms with Gasteiger partial charge in [-0.1, -0.05) is 31.0 Å². The van der Waals surface area contributed by atoms with Crippen LogP contribution in [0.2, 0.25) is 0 Å². The minimum atomic E-state index is 0.0262. The Morgan fingerprint density at radius 3 is 2.25 bits per heavy atom. The van der Waals surface area contributed by atoms with Gasteiger partial charge in [0.05, 0.1) is 13.7 Å². The quantitative estimate of drug-likeness (QED) is 0.676. The molecule has 0 atom stereocenters. The Morgan fingerprint density at radius 1 is 0.844 bits per heavy atom. The van der Waals surface area contributed by atoms with Crippen LogP contribution in [0.1, 0.15) is 31.2 Å². The first-order valence-corrected chi connectivity index (χ1v) is 11.7. The molecule has 2 heterocycles. The Labute approximate surface area is 190 Å². The first-order valence-electron chi connectivity index (χ1n) is 11.7. The van der Waals surface area contributed by atoms with Crippen LogP contribution in [0.5, 0.6) is 5.75 Å². The molecule has 0 bridgehead atoms. The predicted octanol–water partition coefficient (Wildman–Crippen LogP) is 3.41. The number of methoxy groups -OCH3 is 1. The van der Waals surface area contributed by atoms with Crippen molar-refractivity contribution in [3.05, 3.63) is 48.0 Å². The van der Waals surface area contributed by atoms with Gasteiger partial charge in [0.25, 0.3) is 0 Å². The number of piperazine rings is 1. The Hall–Kier alpha value is -2.86. The molecule has 4 rings (SSSR count). The molecule has 2 fully saturated rings. The van der Waals surface area contributed by atoms with E-state index in [-0.39, 0.29) is 11.8 Å². The molecule has 0 radical (unpaired) electrons. The number of benzene rings is 2. The van der Waals surface area contributed by atoms with Crippen molar-refractivity contribution in [2.75, 3.05) is 52.9 Å². The molecule has 2 aromatic carbocycles. The number of ether oxygens (including phenoxy) is 1. The van der Waals surface area contributed by atoms with E-state index in [1.807, 2.05) is 46.2 Å². The number of rotatable bonds is 5. The molecule has 0 spiro atoms. The van der Waals surface area contributed by atoms with Crippen molar-refractivity contribution in [2.45, 2.75) is 25.7 Å². The average Bonchev–Trinajstić information content (AvgIpc) is 3.12. The fourth-order valence-corrected chi connectivity index (χ4v) is 4.48. The summed E-state index contributed by atoms with van der Waals surface area (Å²) < 4.78 is 5.27. The highest BCUT2D eigenvalue weighted by Crippen LogP contribution is 2.22. The van der Waals surface area contributed by atoms with Gasteiger partial charge in [-0.25, -0.2) is 0 Å².